The number of benzene rings is 2. The fraction of sp³-hybridized carbons (Fsp3) is 0.231. The molecule has 10 nitrogen and oxygen atoms in total. The second-order valence-electron chi connectivity index (χ2n) is 9.11. The summed E-state index contributed by atoms with van der Waals surface area (Å²) in [6.45, 7) is 3.50. The molecule has 0 radical (unpaired) electrons. The standard InChI is InChI=1S/C26H24N8O2S/c1-16(2)32-37(35,36)33-18-5-3-17(4-6-18)25-22(14-27)21-10-7-19(13-24(21)34(25)20-8-9-20)31-26-23(15-28)29-11-12-30-26/h3-7,10-13,16,20,32-33H,8-9H2,1-2H3,(H,30,31). The second kappa shape index (κ2) is 9.54. The molecule has 1 fully saturated rings. The number of nitrogens with zero attached hydrogens (tertiary/aromatic N) is 5. The van der Waals surface area contributed by atoms with Gasteiger partial charge in [0, 0.05) is 41.2 Å². The van der Waals surface area contributed by atoms with Gasteiger partial charge in [-0.05, 0) is 62.6 Å². The maximum atomic E-state index is 12.2. The van der Waals surface area contributed by atoms with Gasteiger partial charge in [-0.15, -0.1) is 0 Å². The van der Waals surface area contributed by atoms with Gasteiger partial charge in [0.25, 0.3) is 10.2 Å². The van der Waals surface area contributed by atoms with Crippen molar-refractivity contribution < 1.29 is 8.42 Å². The molecule has 37 heavy (non-hydrogen) atoms. The minimum absolute atomic E-state index is 0.192. The Hall–Kier alpha value is -4.45. The molecule has 1 aliphatic rings. The van der Waals surface area contributed by atoms with Crippen molar-refractivity contribution in [1.29, 1.82) is 10.5 Å². The highest BCUT2D eigenvalue weighted by atomic mass is 32.2. The number of aromatic nitrogens is 3. The predicted molar refractivity (Wildman–Crippen MR) is 141 cm³/mol. The molecule has 2 heterocycles. The Morgan fingerprint density at radius 2 is 1.70 bits per heavy atom. The van der Waals surface area contributed by atoms with E-state index in [0.29, 0.717) is 17.1 Å². The van der Waals surface area contributed by atoms with Crippen LogP contribution in [0.3, 0.4) is 0 Å². The minimum atomic E-state index is -3.69. The van der Waals surface area contributed by atoms with E-state index in [1.54, 1.807) is 26.0 Å². The van der Waals surface area contributed by atoms with E-state index in [1.807, 2.05) is 36.4 Å². The number of hydrogen-bond donors (Lipinski definition) is 3. The third-order valence-electron chi connectivity index (χ3n) is 5.90. The van der Waals surface area contributed by atoms with Gasteiger partial charge in [-0.3, -0.25) is 4.72 Å². The molecule has 0 atom stereocenters. The van der Waals surface area contributed by atoms with Gasteiger partial charge < -0.3 is 9.88 Å². The number of fused-ring (bicyclic) bond motifs is 1. The Balaban J connectivity index is 1.55. The van der Waals surface area contributed by atoms with Crippen LogP contribution in [0.1, 0.15) is 44.0 Å². The molecule has 0 amide bonds. The van der Waals surface area contributed by atoms with Crippen molar-refractivity contribution in [3.05, 3.63) is 66.1 Å². The molecule has 0 unspecified atom stereocenters. The van der Waals surface area contributed by atoms with Crippen molar-refractivity contribution in [2.45, 2.75) is 38.8 Å². The summed E-state index contributed by atoms with van der Waals surface area (Å²) in [6, 6.07) is 17.1. The molecule has 4 aromatic rings. The third kappa shape index (κ3) is 4.96. The molecule has 0 spiro atoms. The van der Waals surface area contributed by atoms with Crippen LogP contribution in [0, 0.1) is 22.7 Å². The van der Waals surface area contributed by atoms with Gasteiger partial charge in [0.1, 0.15) is 12.1 Å². The fourth-order valence-electron chi connectivity index (χ4n) is 4.34. The van der Waals surface area contributed by atoms with Crippen LogP contribution in [0.25, 0.3) is 22.2 Å². The van der Waals surface area contributed by atoms with Gasteiger partial charge in [0.15, 0.2) is 11.5 Å². The summed E-state index contributed by atoms with van der Waals surface area (Å²) in [5.41, 5.74) is 4.40. The lowest BCUT2D eigenvalue weighted by Crippen LogP contribution is -2.35. The van der Waals surface area contributed by atoms with Crippen molar-refractivity contribution in [1.82, 2.24) is 19.3 Å². The maximum absolute atomic E-state index is 12.2. The molecular formula is C26H24N8O2S. The lowest BCUT2D eigenvalue weighted by Gasteiger charge is -2.13. The number of nitrogens with one attached hydrogen (secondary N) is 3. The first kappa shape index (κ1) is 24.3. The zero-order chi connectivity index (χ0) is 26.2. The van der Waals surface area contributed by atoms with E-state index in [-0.39, 0.29) is 17.8 Å². The Bertz CT molecular complexity index is 1670. The highest BCUT2D eigenvalue weighted by molar-refractivity contribution is 7.90. The highest BCUT2D eigenvalue weighted by Gasteiger charge is 2.30. The molecular weight excluding hydrogens is 488 g/mol. The first-order valence-corrected chi connectivity index (χ1v) is 13.2. The van der Waals surface area contributed by atoms with E-state index >= 15 is 0 Å². The van der Waals surface area contributed by atoms with Gasteiger partial charge in [0.05, 0.1) is 16.8 Å². The molecule has 2 aromatic heterocycles. The van der Waals surface area contributed by atoms with Crippen molar-refractivity contribution in [2.24, 2.45) is 0 Å². The SMILES string of the molecule is CC(C)NS(=O)(=O)Nc1ccc(-c2c(C#N)c3ccc(Nc4nccnc4C#N)cc3n2C2CC2)cc1. The van der Waals surface area contributed by atoms with Gasteiger partial charge in [-0.1, -0.05) is 12.1 Å². The zero-order valence-electron chi connectivity index (χ0n) is 20.2. The maximum Gasteiger partial charge on any atom is 0.299 e. The number of hydrogen-bond acceptors (Lipinski definition) is 7. The number of nitriles is 2. The number of rotatable bonds is 8. The van der Waals surface area contributed by atoms with E-state index in [4.69, 9.17) is 0 Å². The molecule has 186 valence electrons. The first-order valence-electron chi connectivity index (χ1n) is 11.8. The fourth-order valence-corrected chi connectivity index (χ4v) is 5.46. The van der Waals surface area contributed by atoms with E-state index < -0.39 is 10.2 Å². The van der Waals surface area contributed by atoms with Crippen molar-refractivity contribution in [3.8, 4) is 23.4 Å². The molecule has 3 N–H and O–H groups in total. The average molecular weight is 513 g/mol. The van der Waals surface area contributed by atoms with Crippen molar-refractivity contribution in [3.63, 3.8) is 0 Å². The van der Waals surface area contributed by atoms with Crippen LogP contribution in [0.15, 0.2) is 54.9 Å². The molecule has 0 saturated heterocycles. The van der Waals surface area contributed by atoms with Gasteiger partial charge in [0.2, 0.25) is 0 Å². The summed E-state index contributed by atoms with van der Waals surface area (Å²) in [5, 5.41) is 23.4. The summed E-state index contributed by atoms with van der Waals surface area (Å²) >= 11 is 0. The lowest BCUT2D eigenvalue weighted by atomic mass is 10.1. The van der Waals surface area contributed by atoms with Crippen LogP contribution in [0.5, 0.6) is 0 Å². The van der Waals surface area contributed by atoms with Crippen LogP contribution in [-0.2, 0) is 10.2 Å². The molecule has 1 aliphatic carbocycles. The zero-order valence-corrected chi connectivity index (χ0v) is 21.0. The monoisotopic (exact) mass is 512 g/mol. The molecule has 2 aromatic carbocycles. The quantitative estimate of drug-likeness (QED) is 0.313. The van der Waals surface area contributed by atoms with Crippen LogP contribution in [0.4, 0.5) is 17.2 Å². The van der Waals surface area contributed by atoms with Gasteiger partial charge >= 0.3 is 0 Å². The number of anilines is 3. The Kier molecular flexibility index (Phi) is 6.25. The largest absolute Gasteiger partial charge is 0.338 e. The van der Waals surface area contributed by atoms with Crippen LogP contribution in [-0.4, -0.2) is 29.0 Å². The topological polar surface area (TPSA) is 149 Å². The summed E-state index contributed by atoms with van der Waals surface area (Å²) in [4.78, 5) is 8.27. The Morgan fingerprint density at radius 3 is 2.35 bits per heavy atom. The van der Waals surface area contributed by atoms with E-state index in [1.165, 1.54) is 12.4 Å². The minimum Gasteiger partial charge on any atom is -0.338 e. The van der Waals surface area contributed by atoms with E-state index in [9.17, 15) is 18.9 Å². The van der Waals surface area contributed by atoms with Gasteiger partial charge in [-0.25, -0.2) is 9.97 Å². The Morgan fingerprint density at radius 1 is 1.00 bits per heavy atom. The smallest absolute Gasteiger partial charge is 0.299 e. The van der Waals surface area contributed by atoms with Crippen LogP contribution >= 0.6 is 0 Å². The van der Waals surface area contributed by atoms with Crippen molar-refractivity contribution in [2.75, 3.05) is 10.0 Å². The lowest BCUT2D eigenvalue weighted by molar-refractivity contribution is 0.575. The summed E-state index contributed by atoms with van der Waals surface area (Å²) < 4.78 is 31.7. The first-order chi connectivity index (χ1) is 17.8. The van der Waals surface area contributed by atoms with Crippen LogP contribution < -0.4 is 14.8 Å². The van der Waals surface area contributed by atoms with E-state index in [0.717, 1.165) is 40.7 Å². The molecule has 11 heteroatoms. The second-order valence-corrected chi connectivity index (χ2v) is 10.6. The highest BCUT2D eigenvalue weighted by Crippen LogP contribution is 2.45. The van der Waals surface area contributed by atoms with Crippen molar-refractivity contribution >= 4 is 38.3 Å². The summed E-state index contributed by atoms with van der Waals surface area (Å²) in [5.74, 6) is 0.361. The third-order valence-corrected chi connectivity index (χ3v) is 7.18. The normalized spacial score (nSPS) is 13.3. The Labute approximate surface area is 214 Å². The molecule has 0 aliphatic heterocycles. The molecule has 5 rings (SSSR count). The van der Waals surface area contributed by atoms with Gasteiger partial charge in [-0.2, -0.15) is 23.7 Å². The molecule has 0 bridgehead atoms. The van der Waals surface area contributed by atoms with Crippen LogP contribution in [0.2, 0.25) is 0 Å². The summed E-state index contributed by atoms with van der Waals surface area (Å²) in [7, 11) is -3.69. The predicted octanol–water partition coefficient (Wildman–Crippen LogP) is 4.57. The summed E-state index contributed by atoms with van der Waals surface area (Å²) in [6.07, 6.45) is 4.98. The molecule has 1 saturated carbocycles. The average Bonchev–Trinajstić information content (AvgIpc) is 3.65. The van der Waals surface area contributed by atoms with E-state index in [2.05, 4.69) is 35.4 Å².